The Hall–Kier alpha value is -2.44. The lowest BCUT2D eigenvalue weighted by Crippen LogP contribution is -2.39. The first-order valence-electron chi connectivity index (χ1n) is 7.84. The van der Waals surface area contributed by atoms with E-state index in [4.69, 9.17) is 0 Å². The Morgan fingerprint density at radius 2 is 2.13 bits per heavy atom. The Bertz CT molecular complexity index is 792. The van der Waals surface area contributed by atoms with Gasteiger partial charge < -0.3 is 4.90 Å². The van der Waals surface area contributed by atoms with Crippen molar-refractivity contribution in [2.24, 2.45) is 7.05 Å². The zero-order valence-corrected chi connectivity index (χ0v) is 13.7. The summed E-state index contributed by atoms with van der Waals surface area (Å²) in [6, 6.07) is 1.47. The number of nitrogens with one attached hydrogen (secondary N) is 1. The molecule has 0 radical (unpaired) electrons. The highest BCUT2D eigenvalue weighted by molar-refractivity contribution is 5.95. The highest BCUT2D eigenvalue weighted by Crippen LogP contribution is 2.30. The molecule has 1 N–H and O–H groups in total. The number of nitrogens with zero attached hydrogens (tertiary/aromatic N) is 4. The summed E-state index contributed by atoms with van der Waals surface area (Å²) in [6.07, 6.45) is 4.44. The number of carbonyl (C=O) groups excluding carboxylic acids is 1. The normalized spacial score (nSPS) is 18.2. The van der Waals surface area contributed by atoms with Crippen molar-refractivity contribution in [3.05, 3.63) is 45.4 Å². The molecule has 1 unspecified atom stereocenters. The van der Waals surface area contributed by atoms with Crippen molar-refractivity contribution in [3.8, 4) is 0 Å². The highest BCUT2D eigenvalue weighted by atomic mass is 16.2. The van der Waals surface area contributed by atoms with Gasteiger partial charge in [-0.3, -0.25) is 19.4 Å². The van der Waals surface area contributed by atoms with Gasteiger partial charge in [0, 0.05) is 25.9 Å². The molecule has 0 saturated carbocycles. The molecule has 0 spiro atoms. The standard InChI is InChI=1S/C16H21N5O2/c1-10-12(9-17-11(2)18-10)16(23)21-7-5-4-6-14(21)13-8-15(22)20(3)19-13/h8-9,14,19H,4-7H2,1-3H3. The molecule has 1 aliphatic rings. The first kappa shape index (κ1) is 15.5. The van der Waals surface area contributed by atoms with E-state index in [1.165, 1.54) is 4.68 Å². The van der Waals surface area contributed by atoms with Crippen LogP contribution in [0.25, 0.3) is 0 Å². The quantitative estimate of drug-likeness (QED) is 0.910. The van der Waals surface area contributed by atoms with Crippen molar-refractivity contribution in [2.45, 2.75) is 39.2 Å². The molecule has 2 aromatic rings. The summed E-state index contributed by atoms with van der Waals surface area (Å²) in [5.74, 6) is 0.582. The molecular formula is C16H21N5O2. The second kappa shape index (κ2) is 5.98. The molecule has 2 aromatic heterocycles. The largest absolute Gasteiger partial charge is 0.330 e. The Labute approximate surface area is 134 Å². The van der Waals surface area contributed by atoms with Gasteiger partial charge in [-0.25, -0.2) is 9.97 Å². The number of carbonyl (C=O) groups is 1. The first-order valence-corrected chi connectivity index (χ1v) is 7.84. The van der Waals surface area contributed by atoms with Crippen LogP contribution >= 0.6 is 0 Å². The van der Waals surface area contributed by atoms with Crippen molar-refractivity contribution in [1.82, 2.24) is 24.6 Å². The third-order valence-electron chi connectivity index (χ3n) is 4.36. The minimum absolute atomic E-state index is 0.0723. The number of aryl methyl sites for hydroxylation is 3. The number of rotatable bonds is 2. The SMILES string of the molecule is Cc1ncc(C(=O)N2CCCCC2c2cc(=O)n(C)[nH]2)c(C)n1. The lowest BCUT2D eigenvalue weighted by molar-refractivity contribution is 0.0603. The van der Waals surface area contributed by atoms with E-state index in [1.807, 2.05) is 11.8 Å². The molecule has 1 aliphatic heterocycles. The number of H-pyrrole nitrogens is 1. The Kier molecular flexibility index (Phi) is 4.02. The molecule has 122 valence electrons. The van der Waals surface area contributed by atoms with Crippen LogP contribution in [0.3, 0.4) is 0 Å². The Balaban J connectivity index is 1.94. The molecule has 3 heterocycles. The van der Waals surface area contributed by atoms with Crippen LogP contribution in [0.4, 0.5) is 0 Å². The van der Waals surface area contributed by atoms with E-state index >= 15 is 0 Å². The van der Waals surface area contributed by atoms with Crippen molar-refractivity contribution >= 4 is 5.91 Å². The lowest BCUT2D eigenvalue weighted by atomic mass is 9.98. The Morgan fingerprint density at radius 3 is 2.78 bits per heavy atom. The fourth-order valence-electron chi connectivity index (χ4n) is 3.13. The predicted octanol–water partition coefficient (Wildman–Crippen LogP) is 1.49. The van der Waals surface area contributed by atoms with Crippen LogP contribution in [0.1, 0.15) is 52.9 Å². The van der Waals surface area contributed by atoms with E-state index in [2.05, 4.69) is 15.1 Å². The number of likely N-dealkylation sites (tertiary alicyclic amines) is 1. The second-order valence-corrected chi connectivity index (χ2v) is 6.04. The van der Waals surface area contributed by atoms with E-state index in [0.29, 0.717) is 23.6 Å². The average molecular weight is 315 g/mol. The molecule has 1 atom stereocenters. The smallest absolute Gasteiger partial charge is 0.266 e. The van der Waals surface area contributed by atoms with Crippen LogP contribution in [0.2, 0.25) is 0 Å². The van der Waals surface area contributed by atoms with Gasteiger partial charge in [-0.1, -0.05) is 0 Å². The third-order valence-corrected chi connectivity index (χ3v) is 4.36. The third kappa shape index (κ3) is 2.91. The fraction of sp³-hybridized carbons (Fsp3) is 0.500. The molecule has 7 heteroatoms. The van der Waals surface area contributed by atoms with Crippen LogP contribution in [0.5, 0.6) is 0 Å². The van der Waals surface area contributed by atoms with Gasteiger partial charge in [-0.2, -0.15) is 0 Å². The van der Waals surface area contributed by atoms with Crippen molar-refractivity contribution in [2.75, 3.05) is 6.54 Å². The molecule has 0 aromatic carbocycles. The number of hydrogen-bond donors (Lipinski definition) is 1. The maximum Gasteiger partial charge on any atom is 0.266 e. The summed E-state index contributed by atoms with van der Waals surface area (Å²) in [7, 11) is 1.68. The van der Waals surface area contributed by atoms with Crippen LogP contribution < -0.4 is 5.56 Å². The van der Waals surface area contributed by atoms with E-state index < -0.39 is 0 Å². The van der Waals surface area contributed by atoms with Crippen LogP contribution in [0.15, 0.2) is 17.1 Å². The molecule has 0 aliphatic carbocycles. The molecule has 1 fully saturated rings. The summed E-state index contributed by atoms with van der Waals surface area (Å²) >= 11 is 0. The number of hydrogen-bond acceptors (Lipinski definition) is 4. The van der Waals surface area contributed by atoms with E-state index in [1.54, 1.807) is 26.2 Å². The summed E-state index contributed by atoms with van der Waals surface area (Å²) in [6.45, 7) is 4.30. The minimum Gasteiger partial charge on any atom is -0.330 e. The number of piperidine rings is 1. The molecule has 23 heavy (non-hydrogen) atoms. The van der Waals surface area contributed by atoms with Gasteiger partial charge in [0.05, 0.1) is 23.0 Å². The van der Waals surface area contributed by atoms with Gasteiger partial charge in [-0.15, -0.1) is 0 Å². The molecular weight excluding hydrogens is 294 g/mol. The maximum atomic E-state index is 13.0. The summed E-state index contributed by atoms with van der Waals surface area (Å²) < 4.78 is 1.44. The van der Waals surface area contributed by atoms with E-state index in [0.717, 1.165) is 25.0 Å². The maximum absolute atomic E-state index is 13.0. The van der Waals surface area contributed by atoms with Crippen molar-refractivity contribution < 1.29 is 4.79 Å². The summed E-state index contributed by atoms with van der Waals surface area (Å²) in [4.78, 5) is 34.9. The first-order chi connectivity index (χ1) is 11.0. The van der Waals surface area contributed by atoms with Crippen molar-refractivity contribution in [3.63, 3.8) is 0 Å². The highest BCUT2D eigenvalue weighted by Gasteiger charge is 2.31. The molecule has 1 saturated heterocycles. The molecule has 0 bridgehead atoms. The second-order valence-electron chi connectivity index (χ2n) is 6.04. The van der Waals surface area contributed by atoms with Crippen LogP contribution in [0, 0.1) is 13.8 Å². The minimum atomic E-state index is -0.106. The fourth-order valence-corrected chi connectivity index (χ4v) is 3.13. The van der Waals surface area contributed by atoms with Gasteiger partial charge in [0.25, 0.3) is 11.5 Å². The summed E-state index contributed by atoms with van der Waals surface area (Å²) in [5, 5.41) is 3.05. The van der Waals surface area contributed by atoms with Crippen LogP contribution in [-0.4, -0.2) is 37.1 Å². The molecule has 3 rings (SSSR count). The monoisotopic (exact) mass is 315 g/mol. The number of amides is 1. The van der Waals surface area contributed by atoms with Crippen LogP contribution in [-0.2, 0) is 7.05 Å². The van der Waals surface area contributed by atoms with Gasteiger partial charge in [0.2, 0.25) is 0 Å². The van der Waals surface area contributed by atoms with Gasteiger partial charge in [0.15, 0.2) is 0 Å². The zero-order chi connectivity index (χ0) is 16.6. The average Bonchev–Trinajstić information content (AvgIpc) is 2.86. The summed E-state index contributed by atoms with van der Waals surface area (Å²) in [5.41, 5.74) is 1.92. The molecule has 7 nitrogen and oxygen atoms in total. The van der Waals surface area contributed by atoms with Gasteiger partial charge in [0.1, 0.15) is 5.82 Å². The molecule has 1 amide bonds. The van der Waals surface area contributed by atoms with E-state index in [9.17, 15) is 9.59 Å². The van der Waals surface area contributed by atoms with Gasteiger partial charge in [-0.05, 0) is 33.1 Å². The number of aromatic amines is 1. The Morgan fingerprint density at radius 1 is 1.35 bits per heavy atom. The topological polar surface area (TPSA) is 83.9 Å². The predicted molar refractivity (Wildman–Crippen MR) is 85.2 cm³/mol. The lowest BCUT2D eigenvalue weighted by Gasteiger charge is -2.35. The van der Waals surface area contributed by atoms with Crippen molar-refractivity contribution in [1.29, 1.82) is 0 Å². The van der Waals surface area contributed by atoms with E-state index in [-0.39, 0.29) is 17.5 Å². The van der Waals surface area contributed by atoms with Gasteiger partial charge >= 0.3 is 0 Å². The zero-order valence-electron chi connectivity index (χ0n) is 13.7. The number of aromatic nitrogens is 4.